The number of para-hydroxylation sites is 1. The van der Waals surface area contributed by atoms with Crippen LogP contribution in [0.4, 0.5) is 0 Å². The predicted molar refractivity (Wildman–Crippen MR) is 111 cm³/mol. The number of carbonyl (C=O) groups is 2. The molecule has 3 atom stereocenters. The van der Waals surface area contributed by atoms with Crippen molar-refractivity contribution in [2.45, 2.75) is 24.9 Å². The largest absolute Gasteiger partial charge is 0.387 e. The molecule has 2 aliphatic rings. The fourth-order valence-corrected chi connectivity index (χ4v) is 4.89. The van der Waals surface area contributed by atoms with Gasteiger partial charge < -0.3 is 15.3 Å². The first-order valence-electron chi connectivity index (χ1n) is 10.1. The summed E-state index contributed by atoms with van der Waals surface area (Å²) in [6.07, 6.45) is 5.45. The number of benzene rings is 1. The molecule has 2 bridgehead atoms. The molecule has 5 rings (SSSR count). The number of carbonyl (C=O) groups excluding carboxylic acids is 2. The van der Waals surface area contributed by atoms with Crippen LogP contribution in [0.2, 0.25) is 0 Å². The van der Waals surface area contributed by atoms with E-state index in [1.165, 1.54) is 0 Å². The number of hydrogen-bond donors (Lipinski definition) is 2. The van der Waals surface area contributed by atoms with Gasteiger partial charge in [0.25, 0.3) is 5.91 Å². The molecule has 0 unspecified atom stereocenters. The maximum Gasteiger partial charge on any atom is 0.254 e. The van der Waals surface area contributed by atoms with Gasteiger partial charge in [-0.3, -0.25) is 14.3 Å². The van der Waals surface area contributed by atoms with Crippen LogP contribution in [-0.4, -0.2) is 61.8 Å². The van der Waals surface area contributed by atoms with Crippen LogP contribution in [0.3, 0.4) is 0 Å². The highest BCUT2D eigenvalue weighted by molar-refractivity contribution is 6.07. The quantitative estimate of drug-likeness (QED) is 0.682. The number of hydrogen-bond acceptors (Lipinski definition) is 5. The molecular formula is C22H23N5O3. The van der Waals surface area contributed by atoms with Crippen LogP contribution in [0.15, 0.2) is 42.7 Å². The molecule has 8 nitrogen and oxygen atoms in total. The van der Waals surface area contributed by atoms with E-state index in [0.717, 1.165) is 29.3 Å². The van der Waals surface area contributed by atoms with E-state index in [9.17, 15) is 9.59 Å². The van der Waals surface area contributed by atoms with E-state index in [0.29, 0.717) is 17.8 Å². The average Bonchev–Trinajstić information content (AvgIpc) is 3.47. The molecule has 1 aromatic carbocycles. The van der Waals surface area contributed by atoms with Crippen molar-refractivity contribution in [2.24, 2.45) is 13.0 Å². The molecule has 1 aliphatic heterocycles. The van der Waals surface area contributed by atoms with Gasteiger partial charge in [0.15, 0.2) is 0 Å². The molecule has 3 aromatic rings. The van der Waals surface area contributed by atoms with Crippen LogP contribution in [0.1, 0.15) is 23.2 Å². The van der Waals surface area contributed by atoms with Gasteiger partial charge in [-0.15, -0.1) is 0 Å². The van der Waals surface area contributed by atoms with E-state index in [1.54, 1.807) is 10.9 Å². The van der Waals surface area contributed by atoms with Crippen LogP contribution in [0, 0.1) is 5.92 Å². The number of aliphatic hydroxyl groups is 1. The van der Waals surface area contributed by atoms with E-state index < -0.39 is 6.61 Å². The standard InChI is InChI=1S/C22H23N5O3/c1-26-10-14(9-23-26)18-8-16(15-4-2-3-5-17(15)24-18)22(30)27-11-13-6-7-19(27)21(13)25-20(29)12-28/h2-5,8-10,13,19,21,28H,6-7,11-12H2,1H3,(H,25,29)/t13-,19-,21-/m0/s1. The van der Waals surface area contributed by atoms with Gasteiger partial charge in [0, 0.05) is 30.7 Å². The Hall–Kier alpha value is -3.26. The average molecular weight is 405 g/mol. The molecule has 2 N–H and O–H groups in total. The van der Waals surface area contributed by atoms with Gasteiger partial charge >= 0.3 is 0 Å². The maximum absolute atomic E-state index is 13.7. The van der Waals surface area contributed by atoms with E-state index in [1.807, 2.05) is 48.5 Å². The van der Waals surface area contributed by atoms with Gasteiger partial charge in [0.2, 0.25) is 5.91 Å². The van der Waals surface area contributed by atoms with Gasteiger partial charge in [-0.1, -0.05) is 18.2 Å². The van der Waals surface area contributed by atoms with Crippen molar-refractivity contribution < 1.29 is 14.7 Å². The molecule has 0 radical (unpaired) electrons. The summed E-state index contributed by atoms with van der Waals surface area (Å²) in [6, 6.07) is 9.34. The van der Waals surface area contributed by atoms with Crippen LogP contribution in [-0.2, 0) is 11.8 Å². The van der Waals surface area contributed by atoms with Gasteiger partial charge in [-0.25, -0.2) is 4.98 Å². The number of nitrogens with zero attached hydrogens (tertiary/aromatic N) is 4. The number of nitrogens with one attached hydrogen (secondary N) is 1. The summed E-state index contributed by atoms with van der Waals surface area (Å²) < 4.78 is 1.71. The second-order valence-corrected chi connectivity index (χ2v) is 8.09. The lowest BCUT2D eigenvalue weighted by Gasteiger charge is -2.28. The number of aliphatic hydroxyl groups excluding tert-OH is 1. The number of likely N-dealkylation sites (tertiary alicyclic amines) is 1. The van der Waals surface area contributed by atoms with Crippen molar-refractivity contribution >= 4 is 22.7 Å². The zero-order valence-electron chi connectivity index (χ0n) is 16.7. The molecular weight excluding hydrogens is 382 g/mol. The number of pyridine rings is 1. The Kier molecular flexibility index (Phi) is 4.51. The Balaban J connectivity index is 1.53. The number of piperidine rings is 1. The summed E-state index contributed by atoms with van der Waals surface area (Å²) in [6.45, 7) is 0.0755. The fraction of sp³-hybridized carbons (Fsp3) is 0.364. The highest BCUT2D eigenvalue weighted by Crippen LogP contribution is 2.39. The Labute approximate surface area is 173 Å². The fourth-order valence-electron chi connectivity index (χ4n) is 4.89. The van der Waals surface area contributed by atoms with Crippen LogP contribution < -0.4 is 5.32 Å². The molecule has 1 aliphatic carbocycles. The minimum atomic E-state index is -0.534. The second-order valence-electron chi connectivity index (χ2n) is 8.09. The molecule has 154 valence electrons. The summed E-state index contributed by atoms with van der Waals surface area (Å²) in [5.41, 5.74) is 2.93. The third kappa shape index (κ3) is 3.04. The second kappa shape index (κ2) is 7.21. The lowest BCUT2D eigenvalue weighted by atomic mass is 10.0. The lowest BCUT2D eigenvalue weighted by Crippen LogP contribution is -2.46. The Bertz CT molecular complexity index is 1140. The van der Waals surface area contributed by atoms with E-state index in [2.05, 4.69) is 10.4 Å². The Morgan fingerprint density at radius 1 is 1.27 bits per heavy atom. The first kappa shape index (κ1) is 18.7. The maximum atomic E-state index is 13.7. The van der Waals surface area contributed by atoms with Crippen molar-refractivity contribution in [1.29, 1.82) is 0 Å². The SMILES string of the molecule is Cn1cc(-c2cc(C(=O)N3C[C@@H]4CC[C@H]3[C@H]4NC(=O)CO)c3ccccc3n2)cn1. The normalized spacial score (nSPS) is 22.6. The van der Waals surface area contributed by atoms with Crippen molar-refractivity contribution in [2.75, 3.05) is 13.2 Å². The lowest BCUT2D eigenvalue weighted by molar-refractivity contribution is -0.124. The van der Waals surface area contributed by atoms with Crippen LogP contribution >= 0.6 is 0 Å². The summed E-state index contributed by atoms with van der Waals surface area (Å²) in [4.78, 5) is 32.0. The third-order valence-corrected chi connectivity index (χ3v) is 6.27. The monoisotopic (exact) mass is 405 g/mol. The first-order chi connectivity index (χ1) is 14.5. The first-order valence-corrected chi connectivity index (χ1v) is 10.1. The van der Waals surface area contributed by atoms with Crippen LogP contribution in [0.5, 0.6) is 0 Å². The predicted octanol–water partition coefficient (Wildman–Crippen LogP) is 1.35. The van der Waals surface area contributed by atoms with Crippen LogP contribution in [0.25, 0.3) is 22.2 Å². The highest BCUT2D eigenvalue weighted by Gasteiger charge is 2.49. The molecule has 0 spiro atoms. The van der Waals surface area contributed by atoms with Crippen molar-refractivity contribution in [1.82, 2.24) is 25.0 Å². The molecule has 3 heterocycles. The molecule has 2 amide bonds. The number of amides is 2. The summed E-state index contributed by atoms with van der Waals surface area (Å²) in [5.74, 6) is -0.214. The smallest absolute Gasteiger partial charge is 0.254 e. The van der Waals surface area contributed by atoms with Gasteiger partial charge in [-0.2, -0.15) is 5.10 Å². The molecule has 8 heteroatoms. The van der Waals surface area contributed by atoms with Crippen molar-refractivity contribution in [3.8, 4) is 11.3 Å². The molecule has 30 heavy (non-hydrogen) atoms. The van der Waals surface area contributed by atoms with Gasteiger partial charge in [-0.05, 0) is 30.9 Å². The zero-order chi connectivity index (χ0) is 20.8. The third-order valence-electron chi connectivity index (χ3n) is 6.27. The number of aromatic nitrogens is 3. The van der Waals surface area contributed by atoms with Gasteiger partial charge in [0.1, 0.15) is 6.61 Å². The Morgan fingerprint density at radius 3 is 2.87 bits per heavy atom. The number of fused-ring (bicyclic) bond motifs is 3. The minimum Gasteiger partial charge on any atom is -0.387 e. The summed E-state index contributed by atoms with van der Waals surface area (Å²) >= 11 is 0. The van der Waals surface area contributed by atoms with E-state index >= 15 is 0 Å². The highest BCUT2D eigenvalue weighted by atomic mass is 16.3. The van der Waals surface area contributed by atoms with E-state index in [4.69, 9.17) is 10.1 Å². The zero-order valence-corrected chi connectivity index (χ0v) is 16.7. The van der Waals surface area contributed by atoms with Crippen molar-refractivity contribution in [3.05, 3.63) is 48.3 Å². The summed E-state index contributed by atoms with van der Waals surface area (Å²) in [5, 5.41) is 17.0. The van der Waals surface area contributed by atoms with Gasteiger partial charge in [0.05, 0.1) is 35.1 Å². The molecule has 1 saturated heterocycles. The molecule has 2 aromatic heterocycles. The molecule has 2 fully saturated rings. The minimum absolute atomic E-state index is 0.0470. The summed E-state index contributed by atoms with van der Waals surface area (Å²) in [7, 11) is 1.85. The van der Waals surface area contributed by atoms with E-state index in [-0.39, 0.29) is 29.8 Å². The molecule has 1 saturated carbocycles. The Morgan fingerprint density at radius 2 is 2.10 bits per heavy atom. The number of rotatable bonds is 4. The van der Waals surface area contributed by atoms with Crippen molar-refractivity contribution in [3.63, 3.8) is 0 Å². The number of aryl methyl sites for hydroxylation is 1. The topological polar surface area (TPSA) is 100 Å².